The maximum absolute atomic E-state index is 4.57. The van der Waals surface area contributed by atoms with Crippen molar-refractivity contribution in [3.8, 4) is 11.4 Å². The molecule has 2 rings (SSSR count). The number of halogens is 1. The molecule has 0 aliphatic heterocycles. The van der Waals surface area contributed by atoms with Crippen molar-refractivity contribution in [3.05, 3.63) is 48.3 Å². The second kappa shape index (κ2) is 4.70. The SMILES string of the molecule is C[C@H](I)c1cccc(-c2ccccn2)n1. The number of hydrogen-bond donors (Lipinski definition) is 0. The molecule has 76 valence electrons. The Morgan fingerprint density at radius 2 is 1.87 bits per heavy atom. The van der Waals surface area contributed by atoms with E-state index >= 15 is 0 Å². The Bertz CT molecular complexity index is 440. The third-order valence-electron chi connectivity index (χ3n) is 2.11. The molecule has 2 nitrogen and oxygen atoms in total. The van der Waals surface area contributed by atoms with Gasteiger partial charge in [0.25, 0.3) is 0 Å². The van der Waals surface area contributed by atoms with Crippen molar-refractivity contribution in [3.63, 3.8) is 0 Å². The van der Waals surface area contributed by atoms with Crippen LogP contribution in [-0.4, -0.2) is 9.97 Å². The second-order valence-electron chi connectivity index (χ2n) is 3.28. The summed E-state index contributed by atoms with van der Waals surface area (Å²) < 4.78 is 0.422. The molecule has 1 atom stereocenters. The molecular formula is C12H11IN2. The molecule has 0 aliphatic rings. The third kappa shape index (κ3) is 2.53. The van der Waals surface area contributed by atoms with Crippen LogP contribution in [0.3, 0.4) is 0 Å². The lowest BCUT2D eigenvalue weighted by Gasteiger charge is -2.05. The fourth-order valence-electron chi connectivity index (χ4n) is 1.33. The first-order valence-corrected chi connectivity index (χ1v) is 6.04. The minimum atomic E-state index is 0.422. The average Bonchev–Trinajstić information content (AvgIpc) is 2.30. The standard InChI is InChI=1S/C12H11IN2/c1-9(13)10-6-4-7-12(15-10)11-5-2-3-8-14-11/h2-9H,1H3/t9-/m0/s1. The Labute approximate surface area is 103 Å². The minimum Gasteiger partial charge on any atom is -0.255 e. The van der Waals surface area contributed by atoms with Crippen LogP contribution in [-0.2, 0) is 0 Å². The van der Waals surface area contributed by atoms with E-state index in [1.165, 1.54) is 0 Å². The normalized spacial score (nSPS) is 12.4. The van der Waals surface area contributed by atoms with Gasteiger partial charge in [-0.1, -0.05) is 34.7 Å². The Balaban J connectivity index is 2.42. The molecule has 0 N–H and O–H groups in total. The van der Waals surface area contributed by atoms with Gasteiger partial charge in [-0.3, -0.25) is 9.97 Å². The van der Waals surface area contributed by atoms with E-state index in [2.05, 4.69) is 39.5 Å². The Hall–Kier alpha value is -0.970. The predicted octanol–water partition coefficient (Wildman–Crippen LogP) is 3.64. The van der Waals surface area contributed by atoms with Gasteiger partial charge in [0.05, 0.1) is 21.0 Å². The van der Waals surface area contributed by atoms with Crippen molar-refractivity contribution in [1.82, 2.24) is 9.97 Å². The largest absolute Gasteiger partial charge is 0.255 e. The molecule has 0 saturated carbocycles. The highest BCUT2D eigenvalue weighted by atomic mass is 127. The van der Waals surface area contributed by atoms with E-state index in [0.29, 0.717) is 3.92 Å². The van der Waals surface area contributed by atoms with Gasteiger partial charge < -0.3 is 0 Å². The highest BCUT2D eigenvalue weighted by Gasteiger charge is 2.04. The summed E-state index contributed by atoms with van der Waals surface area (Å²) in [7, 11) is 0. The van der Waals surface area contributed by atoms with Crippen molar-refractivity contribution in [2.75, 3.05) is 0 Å². The summed E-state index contributed by atoms with van der Waals surface area (Å²) in [6.07, 6.45) is 1.79. The van der Waals surface area contributed by atoms with E-state index in [0.717, 1.165) is 17.1 Å². The molecule has 0 unspecified atom stereocenters. The van der Waals surface area contributed by atoms with Crippen molar-refractivity contribution in [2.45, 2.75) is 10.8 Å². The molecule has 0 bridgehead atoms. The van der Waals surface area contributed by atoms with Gasteiger partial charge in [0.2, 0.25) is 0 Å². The van der Waals surface area contributed by atoms with Crippen molar-refractivity contribution in [1.29, 1.82) is 0 Å². The van der Waals surface area contributed by atoms with Crippen LogP contribution in [0.5, 0.6) is 0 Å². The van der Waals surface area contributed by atoms with E-state index in [1.54, 1.807) is 6.20 Å². The number of alkyl halides is 1. The predicted molar refractivity (Wildman–Crippen MR) is 69.9 cm³/mol. The summed E-state index contributed by atoms with van der Waals surface area (Å²) in [5, 5.41) is 0. The van der Waals surface area contributed by atoms with E-state index in [4.69, 9.17) is 0 Å². The fourth-order valence-corrected chi connectivity index (χ4v) is 1.68. The van der Waals surface area contributed by atoms with Crippen molar-refractivity contribution < 1.29 is 0 Å². The van der Waals surface area contributed by atoms with Crippen LogP contribution in [0.15, 0.2) is 42.6 Å². The first kappa shape index (κ1) is 10.5. The smallest absolute Gasteiger partial charge is 0.0889 e. The highest BCUT2D eigenvalue weighted by molar-refractivity contribution is 14.1. The molecule has 0 amide bonds. The van der Waals surface area contributed by atoms with E-state index in [-0.39, 0.29) is 0 Å². The quantitative estimate of drug-likeness (QED) is 0.625. The second-order valence-corrected chi connectivity index (χ2v) is 5.15. The zero-order chi connectivity index (χ0) is 10.7. The molecule has 2 heterocycles. The van der Waals surface area contributed by atoms with Gasteiger partial charge in [-0.15, -0.1) is 0 Å². The Morgan fingerprint density at radius 1 is 1.07 bits per heavy atom. The molecule has 0 radical (unpaired) electrons. The number of nitrogens with zero attached hydrogens (tertiary/aromatic N) is 2. The summed E-state index contributed by atoms with van der Waals surface area (Å²) in [4.78, 5) is 8.86. The van der Waals surface area contributed by atoms with Crippen LogP contribution in [0.4, 0.5) is 0 Å². The molecule has 15 heavy (non-hydrogen) atoms. The number of rotatable bonds is 2. The number of pyridine rings is 2. The minimum absolute atomic E-state index is 0.422. The molecule has 0 aliphatic carbocycles. The van der Waals surface area contributed by atoms with Crippen LogP contribution in [0.2, 0.25) is 0 Å². The summed E-state index contributed by atoms with van der Waals surface area (Å²) in [5.41, 5.74) is 2.96. The van der Waals surface area contributed by atoms with Gasteiger partial charge in [0, 0.05) is 6.20 Å². The molecule has 0 fully saturated rings. The Morgan fingerprint density at radius 3 is 2.53 bits per heavy atom. The van der Waals surface area contributed by atoms with Gasteiger partial charge in [-0.25, -0.2) is 0 Å². The summed E-state index contributed by atoms with van der Waals surface area (Å²) >= 11 is 2.36. The van der Waals surface area contributed by atoms with Gasteiger partial charge >= 0.3 is 0 Å². The van der Waals surface area contributed by atoms with E-state index in [1.807, 2.05) is 36.4 Å². The number of aromatic nitrogens is 2. The zero-order valence-corrected chi connectivity index (χ0v) is 10.5. The van der Waals surface area contributed by atoms with Gasteiger partial charge in [-0.05, 0) is 31.2 Å². The first-order chi connectivity index (χ1) is 7.27. The molecule has 0 saturated heterocycles. The van der Waals surface area contributed by atoms with Gasteiger partial charge in [0.15, 0.2) is 0 Å². The summed E-state index contributed by atoms with van der Waals surface area (Å²) in [6, 6.07) is 11.9. The molecule has 0 aromatic carbocycles. The number of hydrogen-bond acceptors (Lipinski definition) is 2. The maximum Gasteiger partial charge on any atom is 0.0889 e. The summed E-state index contributed by atoms with van der Waals surface area (Å²) in [5.74, 6) is 0. The Kier molecular flexibility index (Phi) is 3.30. The molecular weight excluding hydrogens is 299 g/mol. The van der Waals surface area contributed by atoms with E-state index in [9.17, 15) is 0 Å². The topological polar surface area (TPSA) is 25.8 Å². The lowest BCUT2D eigenvalue weighted by Crippen LogP contribution is -1.92. The lowest BCUT2D eigenvalue weighted by molar-refractivity contribution is 1.04. The maximum atomic E-state index is 4.57. The van der Waals surface area contributed by atoms with Crippen molar-refractivity contribution in [2.24, 2.45) is 0 Å². The average molecular weight is 310 g/mol. The van der Waals surface area contributed by atoms with Crippen molar-refractivity contribution >= 4 is 22.6 Å². The molecule has 2 aromatic heterocycles. The van der Waals surface area contributed by atoms with Gasteiger partial charge in [0.1, 0.15) is 0 Å². The van der Waals surface area contributed by atoms with Crippen LogP contribution >= 0.6 is 22.6 Å². The fraction of sp³-hybridized carbons (Fsp3) is 0.167. The van der Waals surface area contributed by atoms with Crippen LogP contribution < -0.4 is 0 Å². The highest BCUT2D eigenvalue weighted by Crippen LogP contribution is 2.22. The molecule has 3 heteroatoms. The third-order valence-corrected chi connectivity index (χ3v) is 2.74. The first-order valence-electron chi connectivity index (χ1n) is 4.80. The molecule has 0 spiro atoms. The zero-order valence-electron chi connectivity index (χ0n) is 8.39. The van der Waals surface area contributed by atoms with E-state index < -0.39 is 0 Å². The lowest BCUT2D eigenvalue weighted by atomic mass is 10.2. The van der Waals surface area contributed by atoms with Crippen LogP contribution in [0.1, 0.15) is 16.5 Å². The van der Waals surface area contributed by atoms with Crippen LogP contribution in [0.25, 0.3) is 11.4 Å². The van der Waals surface area contributed by atoms with Crippen LogP contribution in [0, 0.1) is 0 Å². The monoisotopic (exact) mass is 310 g/mol. The summed E-state index contributed by atoms with van der Waals surface area (Å²) in [6.45, 7) is 2.13. The van der Waals surface area contributed by atoms with Gasteiger partial charge in [-0.2, -0.15) is 0 Å². The molecule has 2 aromatic rings.